The minimum Gasteiger partial charge on any atom is -0.479 e. The molecule has 5 N–H and O–H groups in total. The Hall–Kier alpha value is -2.89. The van der Waals surface area contributed by atoms with Crippen LogP contribution >= 0.6 is 0 Å². The molecule has 1 aliphatic rings. The highest BCUT2D eigenvalue weighted by Crippen LogP contribution is 2.34. The SMILES string of the molecule is CC(C)(C)Nc1ccc(COC(C)(C)C)cc1.CC1C(Oc2ccc(COC(C)(C)C)cc2NC(C)(C)C)OC(C(=O)O)C(O)C1O. The van der Waals surface area contributed by atoms with Gasteiger partial charge in [0.2, 0.25) is 6.29 Å². The Morgan fingerprint density at radius 2 is 1.23 bits per heavy atom. The number of carbonyl (C=O) groups is 1. The molecule has 0 radical (unpaired) electrons. The molecule has 1 heterocycles. The fraction of sp³-hybridized carbons (Fsp3) is 0.649. The molecule has 0 amide bonds. The van der Waals surface area contributed by atoms with Crippen molar-refractivity contribution in [2.75, 3.05) is 10.6 Å². The molecule has 0 bridgehead atoms. The number of benzene rings is 2. The van der Waals surface area contributed by atoms with Crippen molar-refractivity contribution in [3.63, 3.8) is 0 Å². The van der Waals surface area contributed by atoms with Crippen LogP contribution in [0.5, 0.6) is 5.75 Å². The number of aliphatic hydroxyl groups is 2. The molecular weight excluding hydrogens is 600 g/mol. The number of ether oxygens (including phenoxy) is 4. The molecule has 1 saturated heterocycles. The van der Waals surface area contributed by atoms with Gasteiger partial charge in [0.1, 0.15) is 11.9 Å². The van der Waals surface area contributed by atoms with Crippen molar-refractivity contribution in [3.05, 3.63) is 53.6 Å². The topological polar surface area (TPSA) is 139 Å². The number of anilines is 2. The molecule has 0 aliphatic carbocycles. The zero-order valence-electron chi connectivity index (χ0n) is 30.7. The van der Waals surface area contributed by atoms with Crippen LogP contribution in [0.25, 0.3) is 0 Å². The molecule has 0 saturated carbocycles. The smallest absolute Gasteiger partial charge is 0.335 e. The molecule has 3 rings (SSSR count). The van der Waals surface area contributed by atoms with Crippen molar-refractivity contribution < 1.29 is 39.1 Å². The quantitative estimate of drug-likeness (QED) is 0.192. The number of rotatable bonds is 9. The second-order valence-corrected chi connectivity index (χ2v) is 16.3. The minimum absolute atomic E-state index is 0.0810. The molecule has 2 aromatic rings. The van der Waals surface area contributed by atoms with Crippen molar-refractivity contribution >= 4 is 17.3 Å². The lowest BCUT2D eigenvalue weighted by Crippen LogP contribution is -2.57. The zero-order valence-corrected chi connectivity index (χ0v) is 30.7. The summed E-state index contributed by atoms with van der Waals surface area (Å²) in [6, 6.07) is 14.0. The van der Waals surface area contributed by atoms with Crippen LogP contribution in [0.4, 0.5) is 11.4 Å². The van der Waals surface area contributed by atoms with Crippen LogP contribution in [0.2, 0.25) is 0 Å². The minimum atomic E-state index is -1.57. The highest BCUT2D eigenvalue weighted by Gasteiger charge is 2.46. The Kier molecular flexibility index (Phi) is 13.7. The van der Waals surface area contributed by atoms with Gasteiger partial charge < -0.3 is 44.9 Å². The Balaban J connectivity index is 0.000000382. The molecule has 47 heavy (non-hydrogen) atoms. The molecular formula is C37H60N2O8. The molecule has 1 fully saturated rings. The number of nitrogens with one attached hydrogen (secondary N) is 2. The van der Waals surface area contributed by atoms with Crippen molar-refractivity contribution in [1.82, 2.24) is 0 Å². The fourth-order valence-corrected chi connectivity index (χ4v) is 4.45. The van der Waals surface area contributed by atoms with Crippen molar-refractivity contribution in [2.24, 2.45) is 5.92 Å². The van der Waals surface area contributed by atoms with Crippen LogP contribution in [-0.4, -0.2) is 68.2 Å². The number of carboxylic acid groups (broad SMARTS) is 1. The summed E-state index contributed by atoms with van der Waals surface area (Å²) in [6.45, 7) is 27.4. The highest BCUT2D eigenvalue weighted by molar-refractivity contribution is 5.73. The van der Waals surface area contributed by atoms with E-state index in [0.717, 1.165) is 11.3 Å². The van der Waals surface area contributed by atoms with E-state index in [2.05, 4.69) is 76.4 Å². The number of aliphatic carboxylic acids is 1. The van der Waals surface area contributed by atoms with Crippen LogP contribution in [0, 0.1) is 5.92 Å². The molecule has 10 nitrogen and oxygen atoms in total. The highest BCUT2D eigenvalue weighted by atomic mass is 16.7. The summed E-state index contributed by atoms with van der Waals surface area (Å²) in [5.41, 5.74) is 3.48. The van der Waals surface area contributed by atoms with E-state index < -0.39 is 36.5 Å². The molecule has 10 heteroatoms. The Labute approximate surface area is 282 Å². The lowest BCUT2D eigenvalue weighted by molar-refractivity contribution is -0.251. The zero-order chi connectivity index (χ0) is 36.0. The van der Waals surface area contributed by atoms with E-state index in [0.29, 0.717) is 24.7 Å². The van der Waals surface area contributed by atoms with E-state index in [9.17, 15) is 20.1 Å². The third kappa shape index (κ3) is 14.8. The second kappa shape index (κ2) is 16.0. The van der Waals surface area contributed by atoms with Gasteiger partial charge in [0.25, 0.3) is 0 Å². The van der Waals surface area contributed by atoms with Crippen LogP contribution in [-0.2, 0) is 32.2 Å². The number of hydrogen-bond acceptors (Lipinski definition) is 9. The largest absolute Gasteiger partial charge is 0.479 e. The van der Waals surface area contributed by atoms with E-state index in [1.54, 1.807) is 13.0 Å². The normalized spacial score (nSPS) is 22.1. The van der Waals surface area contributed by atoms with Gasteiger partial charge in [-0.25, -0.2) is 4.79 Å². The summed E-state index contributed by atoms with van der Waals surface area (Å²) in [4.78, 5) is 11.4. The van der Waals surface area contributed by atoms with Crippen LogP contribution in [0.1, 0.15) is 101 Å². The first-order valence-electron chi connectivity index (χ1n) is 16.3. The average Bonchev–Trinajstić information content (AvgIpc) is 2.90. The van der Waals surface area contributed by atoms with Crippen molar-refractivity contribution in [2.45, 2.75) is 150 Å². The first kappa shape index (κ1) is 40.3. The lowest BCUT2D eigenvalue weighted by atomic mass is 9.92. The Bertz CT molecular complexity index is 1270. The molecule has 1 aliphatic heterocycles. The van der Waals surface area contributed by atoms with Gasteiger partial charge in [0.05, 0.1) is 36.2 Å². The van der Waals surface area contributed by atoms with Gasteiger partial charge in [-0.1, -0.05) is 25.1 Å². The lowest BCUT2D eigenvalue weighted by Gasteiger charge is -2.40. The summed E-state index contributed by atoms with van der Waals surface area (Å²) < 4.78 is 23.0. The standard InChI is InChI=1S/C22H35NO7.C15H25NO/c1-12-16(24)17(25)18(19(26)27)30-20(12)29-15-9-8-13(11-28-22(5,6)7)10-14(15)23-21(2,3)4;1-14(2,3)16-13-9-7-12(8-10-13)11-17-15(4,5)6/h8-10,12,16-18,20,23-25H,11H2,1-7H3,(H,26,27);7-10,16H,11H2,1-6H3. The predicted octanol–water partition coefficient (Wildman–Crippen LogP) is 6.97. The van der Waals surface area contributed by atoms with E-state index in [-0.39, 0.29) is 22.3 Å². The van der Waals surface area contributed by atoms with Crippen molar-refractivity contribution in [1.29, 1.82) is 0 Å². The van der Waals surface area contributed by atoms with Gasteiger partial charge in [-0.05, 0) is 118 Å². The number of carboxylic acids is 1. The molecule has 0 spiro atoms. The van der Waals surface area contributed by atoms with Gasteiger partial charge in [0, 0.05) is 22.7 Å². The molecule has 5 unspecified atom stereocenters. The van der Waals surface area contributed by atoms with Crippen LogP contribution < -0.4 is 15.4 Å². The maximum atomic E-state index is 11.4. The number of aliphatic hydroxyl groups excluding tert-OH is 2. The Morgan fingerprint density at radius 1 is 0.745 bits per heavy atom. The summed E-state index contributed by atoms with van der Waals surface area (Å²) in [5.74, 6) is -1.54. The third-order valence-electron chi connectivity index (χ3n) is 6.77. The molecule has 2 aromatic carbocycles. The molecule has 0 aromatic heterocycles. The fourth-order valence-electron chi connectivity index (χ4n) is 4.45. The Morgan fingerprint density at radius 3 is 1.70 bits per heavy atom. The second-order valence-electron chi connectivity index (χ2n) is 16.3. The maximum absolute atomic E-state index is 11.4. The summed E-state index contributed by atoms with van der Waals surface area (Å²) in [6.07, 6.45) is -5.42. The summed E-state index contributed by atoms with van der Waals surface area (Å²) >= 11 is 0. The first-order valence-corrected chi connectivity index (χ1v) is 16.3. The monoisotopic (exact) mass is 660 g/mol. The first-order chi connectivity index (χ1) is 21.3. The van der Waals surface area contributed by atoms with E-state index in [1.807, 2.05) is 53.7 Å². The van der Waals surface area contributed by atoms with Gasteiger partial charge >= 0.3 is 5.97 Å². The van der Waals surface area contributed by atoms with Crippen molar-refractivity contribution in [3.8, 4) is 5.75 Å². The predicted molar refractivity (Wildman–Crippen MR) is 187 cm³/mol. The number of hydrogen-bond donors (Lipinski definition) is 5. The average molecular weight is 661 g/mol. The third-order valence-corrected chi connectivity index (χ3v) is 6.77. The van der Waals surface area contributed by atoms with E-state index in [1.165, 1.54) is 5.56 Å². The summed E-state index contributed by atoms with van der Waals surface area (Å²) in [7, 11) is 0. The van der Waals surface area contributed by atoms with Gasteiger partial charge in [-0.3, -0.25) is 0 Å². The summed E-state index contributed by atoms with van der Waals surface area (Å²) in [5, 5.41) is 36.4. The maximum Gasteiger partial charge on any atom is 0.335 e. The van der Waals surface area contributed by atoms with Gasteiger partial charge in [-0.15, -0.1) is 0 Å². The van der Waals surface area contributed by atoms with E-state index in [4.69, 9.17) is 18.9 Å². The molecule has 5 atom stereocenters. The van der Waals surface area contributed by atoms with Crippen LogP contribution in [0.3, 0.4) is 0 Å². The van der Waals surface area contributed by atoms with Crippen LogP contribution in [0.15, 0.2) is 42.5 Å². The van der Waals surface area contributed by atoms with Gasteiger partial charge in [0.15, 0.2) is 6.10 Å². The molecule has 266 valence electrons. The van der Waals surface area contributed by atoms with E-state index >= 15 is 0 Å². The van der Waals surface area contributed by atoms with Gasteiger partial charge in [-0.2, -0.15) is 0 Å².